The number of hydrogen-bond acceptors (Lipinski definition) is 4. The molecule has 0 aromatic heterocycles. The summed E-state index contributed by atoms with van der Waals surface area (Å²) in [5.74, 6) is 0.957. The van der Waals surface area contributed by atoms with Gasteiger partial charge in [0, 0.05) is 6.54 Å². The van der Waals surface area contributed by atoms with Gasteiger partial charge in [-0.05, 0) is 18.3 Å². The Kier molecular flexibility index (Phi) is 4.39. The number of amides is 1. The standard InChI is InChI=1S/C10H17NO4/c1-7-5-8(7)6-15-9(12)3-4-11-10(13)14-2/h7-8H,3-6H2,1-2H3,(H,11,13)/t7-,8-/m1/s1. The largest absolute Gasteiger partial charge is 0.465 e. The molecular weight excluding hydrogens is 198 g/mol. The van der Waals surface area contributed by atoms with Crippen molar-refractivity contribution >= 4 is 12.1 Å². The molecule has 1 amide bonds. The lowest BCUT2D eigenvalue weighted by atomic mass is 10.3. The second-order valence-corrected chi connectivity index (χ2v) is 3.82. The molecule has 0 unspecified atom stereocenters. The van der Waals surface area contributed by atoms with Gasteiger partial charge in [0.1, 0.15) is 0 Å². The van der Waals surface area contributed by atoms with Gasteiger partial charge in [-0.1, -0.05) is 6.92 Å². The zero-order valence-electron chi connectivity index (χ0n) is 9.12. The van der Waals surface area contributed by atoms with Crippen molar-refractivity contribution in [2.24, 2.45) is 11.8 Å². The first-order valence-corrected chi connectivity index (χ1v) is 5.11. The first kappa shape index (κ1) is 11.8. The summed E-state index contributed by atoms with van der Waals surface area (Å²) in [7, 11) is 1.28. The smallest absolute Gasteiger partial charge is 0.406 e. The minimum atomic E-state index is -0.529. The van der Waals surface area contributed by atoms with Crippen LogP contribution in [-0.2, 0) is 14.3 Å². The van der Waals surface area contributed by atoms with Crippen molar-refractivity contribution in [3.05, 3.63) is 0 Å². The van der Waals surface area contributed by atoms with Crippen LogP contribution >= 0.6 is 0 Å². The molecule has 15 heavy (non-hydrogen) atoms. The minimum absolute atomic E-state index is 0.191. The van der Waals surface area contributed by atoms with E-state index in [2.05, 4.69) is 17.0 Å². The predicted octanol–water partition coefficient (Wildman–Crippen LogP) is 0.932. The van der Waals surface area contributed by atoms with Crippen molar-refractivity contribution in [3.8, 4) is 0 Å². The number of hydrogen-bond donors (Lipinski definition) is 1. The second kappa shape index (κ2) is 5.58. The SMILES string of the molecule is COC(=O)NCCC(=O)OC[C@H]1C[C@H]1C. The monoisotopic (exact) mass is 215 g/mol. The van der Waals surface area contributed by atoms with Gasteiger partial charge in [0.2, 0.25) is 0 Å². The summed E-state index contributed by atoms with van der Waals surface area (Å²) in [4.78, 5) is 21.8. The zero-order valence-corrected chi connectivity index (χ0v) is 9.12. The molecular formula is C10H17NO4. The Balaban J connectivity index is 1.96. The number of rotatable bonds is 5. The Morgan fingerprint density at radius 3 is 2.67 bits per heavy atom. The normalized spacial score (nSPS) is 23.1. The lowest BCUT2D eigenvalue weighted by Gasteiger charge is -2.04. The highest BCUT2D eigenvalue weighted by atomic mass is 16.5. The van der Waals surface area contributed by atoms with E-state index in [1.54, 1.807) is 0 Å². The molecule has 5 nitrogen and oxygen atoms in total. The Morgan fingerprint density at radius 1 is 1.47 bits per heavy atom. The molecule has 0 aliphatic heterocycles. The molecule has 0 radical (unpaired) electrons. The quantitative estimate of drug-likeness (QED) is 0.693. The van der Waals surface area contributed by atoms with Crippen LogP contribution in [0.4, 0.5) is 4.79 Å². The Bertz CT molecular complexity index is 242. The average molecular weight is 215 g/mol. The van der Waals surface area contributed by atoms with Gasteiger partial charge in [0.25, 0.3) is 0 Å². The van der Waals surface area contributed by atoms with Gasteiger partial charge in [0.15, 0.2) is 0 Å². The Morgan fingerprint density at radius 2 is 2.13 bits per heavy atom. The van der Waals surface area contributed by atoms with Gasteiger partial charge in [-0.25, -0.2) is 4.79 Å². The molecule has 2 atom stereocenters. The maximum Gasteiger partial charge on any atom is 0.406 e. The molecule has 1 saturated carbocycles. The second-order valence-electron chi connectivity index (χ2n) is 3.82. The van der Waals surface area contributed by atoms with Crippen molar-refractivity contribution in [1.82, 2.24) is 5.32 Å². The summed E-state index contributed by atoms with van der Waals surface area (Å²) < 4.78 is 9.37. The number of nitrogens with one attached hydrogen (secondary N) is 1. The molecule has 1 aliphatic carbocycles. The van der Waals surface area contributed by atoms with Crippen LogP contribution in [0.2, 0.25) is 0 Å². The van der Waals surface area contributed by atoms with E-state index in [4.69, 9.17) is 4.74 Å². The first-order valence-electron chi connectivity index (χ1n) is 5.11. The fourth-order valence-corrected chi connectivity index (χ4v) is 1.24. The van der Waals surface area contributed by atoms with Crippen molar-refractivity contribution in [2.45, 2.75) is 19.8 Å². The maximum atomic E-state index is 11.1. The van der Waals surface area contributed by atoms with E-state index in [1.165, 1.54) is 7.11 Å². The van der Waals surface area contributed by atoms with Crippen LogP contribution < -0.4 is 5.32 Å². The van der Waals surface area contributed by atoms with Gasteiger partial charge in [-0.15, -0.1) is 0 Å². The first-order chi connectivity index (χ1) is 7.13. The number of methoxy groups -OCH3 is 1. The van der Waals surface area contributed by atoms with Gasteiger partial charge in [-0.3, -0.25) is 4.79 Å². The summed E-state index contributed by atoms with van der Waals surface area (Å²) in [6.45, 7) is 2.90. The van der Waals surface area contributed by atoms with Crippen LogP contribution in [0.15, 0.2) is 0 Å². The third kappa shape index (κ3) is 4.67. The lowest BCUT2D eigenvalue weighted by Crippen LogP contribution is -2.26. The van der Waals surface area contributed by atoms with E-state index in [9.17, 15) is 9.59 Å². The Hall–Kier alpha value is -1.26. The lowest BCUT2D eigenvalue weighted by molar-refractivity contribution is -0.144. The summed E-state index contributed by atoms with van der Waals surface area (Å²) in [5.41, 5.74) is 0. The summed E-state index contributed by atoms with van der Waals surface area (Å²) in [6, 6.07) is 0. The Labute approximate surface area is 89.1 Å². The van der Waals surface area contributed by atoms with E-state index < -0.39 is 6.09 Å². The molecule has 1 rings (SSSR count). The van der Waals surface area contributed by atoms with Crippen molar-refractivity contribution in [2.75, 3.05) is 20.3 Å². The molecule has 0 bridgehead atoms. The molecule has 1 fully saturated rings. The molecule has 1 aliphatic rings. The average Bonchev–Trinajstić information content (AvgIpc) is 2.91. The van der Waals surface area contributed by atoms with Crippen LogP contribution in [0, 0.1) is 11.8 Å². The number of esters is 1. The summed E-state index contributed by atoms with van der Waals surface area (Å²) in [6.07, 6.45) is 0.808. The number of carbonyl (C=O) groups excluding carboxylic acids is 2. The number of ether oxygens (including phenoxy) is 2. The third-order valence-corrected chi connectivity index (χ3v) is 2.52. The van der Waals surface area contributed by atoms with Gasteiger partial charge < -0.3 is 14.8 Å². The number of carbonyl (C=O) groups is 2. The molecule has 0 saturated heterocycles. The molecule has 5 heteroatoms. The molecule has 0 aromatic rings. The fraction of sp³-hybridized carbons (Fsp3) is 0.800. The molecule has 86 valence electrons. The van der Waals surface area contributed by atoms with E-state index >= 15 is 0 Å². The van der Waals surface area contributed by atoms with Crippen molar-refractivity contribution < 1.29 is 19.1 Å². The number of alkyl carbamates (subject to hydrolysis) is 1. The van der Waals surface area contributed by atoms with Crippen LogP contribution in [0.1, 0.15) is 19.8 Å². The summed E-state index contributed by atoms with van der Waals surface area (Å²) in [5, 5.41) is 2.41. The zero-order chi connectivity index (χ0) is 11.3. The summed E-state index contributed by atoms with van der Waals surface area (Å²) >= 11 is 0. The predicted molar refractivity (Wildman–Crippen MR) is 53.3 cm³/mol. The van der Waals surface area contributed by atoms with Crippen LogP contribution in [0.25, 0.3) is 0 Å². The van der Waals surface area contributed by atoms with Gasteiger partial charge in [0.05, 0.1) is 20.1 Å². The minimum Gasteiger partial charge on any atom is -0.465 e. The highest BCUT2D eigenvalue weighted by molar-refractivity contribution is 5.71. The molecule has 1 N–H and O–H groups in total. The van der Waals surface area contributed by atoms with Crippen molar-refractivity contribution in [1.29, 1.82) is 0 Å². The molecule has 0 spiro atoms. The van der Waals surface area contributed by atoms with Crippen LogP contribution in [0.3, 0.4) is 0 Å². The van der Waals surface area contributed by atoms with E-state index in [1.807, 2.05) is 0 Å². The topological polar surface area (TPSA) is 64.6 Å². The highest BCUT2D eigenvalue weighted by Gasteiger charge is 2.33. The van der Waals surface area contributed by atoms with Crippen LogP contribution in [-0.4, -0.2) is 32.3 Å². The highest BCUT2D eigenvalue weighted by Crippen LogP contribution is 2.37. The molecule has 0 aromatic carbocycles. The van der Waals surface area contributed by atoms with E-state index in [0.717, 1.165) is 6.42 Å². The van der Waals surface area contributed by atoms with Gasteiger partial charge >= 0.3 is 12.1 Å². The molecule has 0 heterocycles. The van der Waals surface area contributed by atoms with E-state index in [-0.39, 0.29) is 18.9 Å². The van der Waals surface area contributed by atoms with Crippen molar-refractivity contribution in [3.63, 3.8) is 0 Å². The maximum absolute atomic E-state index is 11.1. The van der Waals surface area contributed by atoms with Gasteiger partial charge in [-0.2, -0.15) is 0 Å². The fourth-order valence-electron chi connectivity index (χ4n) is 1.24. The van der Waals surface area contributed by atoms with Crippen LogP contribution in [0.5, 0.6) is 0 Å². The third-order valence-electron chi connectivity index (χ3n) is 2.52. The van der Waals surface area contributed by atoms with E-state index in [0.29, 0.717) is 18.4 Å².